The smallest absolute Gasteiger partial charge is 0.225 e. The zero-order valence-corrected chi connectivity index (χ0v) is 11.6. The lowest BCUT2D eigenvalue weighted by atomic mass is 9.92. The van der Waals surface area contributed by atoms with E-state index in [4.69, 9.17) is 5.73 Å². The summed E-state index contributed by atoms with van der Waals surface area (Å²) in [5.41, 5.74) is 5.62. The molecule has 0 spiro atoms. The van der Waals surface area contributed by atoms with Crippen LogP contribution in [0.2, 0.25) is 0 Å². The number of carbonyl (C=O) groups excluding carboxylic acids is 1. The number of carbonyl (C=O) groups is 1. The number of hydrogen-bond donors (Lipinski definition) is 1. The van der Waals surface area contributed by atoms with Crippen LogP contribution in [-0.4, -0.2) is 29.9 Å². The van der Waals surface area contributed by atoms with E-state index < -0.39 is 0 Å². The van der Waals surface area contributed by atoms with Gasteiger partial charge in [0.05, 0.1) is 0 Å². The molecule has 0 saturated heterocycles. The summed E-state index contributed by atoms with van der Waals surface area (Å²) in [6, 6.07) is 0.512. The van der Waals surface area contributed by atoms with E-state index in [1.807, 2.05) is 0 Å². The Balaban J connectivity index is 1.95. The molecule has 0 aromatic rings. The fraction of sp³-hybridized carbons (Fsp3) is 0.933. The summed E-state index contributed by atoms with van der Waals surface area (Å²) in [7, 11) is 0. The van der Waals surface area contributed by atoms with Gasteiger partial charge >= 0.3 is 0 Å². The highest BCUT2D eigenvalue weighted by Crippen LogP contribution is 2.30. The van der Waals surface area contributed by atoms with E-state index in [2.05, 4.69) is 4.90 Å². The van der Waals surface area contributed by atoms with Gasteiger partial charge in [0.1, 0.15) is 0 Å². The predicted octanol–water partition coefficient (Wildman–Crippen LogP) is 2.69. The molecule has 2 rings (SSSR count). The molecule has 0 radical (unpaired) electrons. The quantitative estimate of drug-likeness (QED) is 0.817. The molecule has 2 fully saturated rings. The van der Waals surface area contributed by atoms with Crippen molar-refractivity contribution in [2.45, 2.75) is 70.3 Å². The molecule has 0 heterocycles. The summed E-state index contributed by atoms with van der Waals surface area (Å²) in [4.78, 5) is 14.8. The minimum Gasteiger partial charge on any atom is -0.339 e. The van der Waals surface area contributed by atoms with Crippen LogP contribution < -0.4 is 5.73 Å². The van der Waals surface area contributed by atoms with Gasteiger partial charge in [-0.15, -0.1) is 0 Å². The second-order valence-corrected chi connectivity index (χ2v) is 5.95. The average Bonchev–Trinajstić information content (AvgIpc) is 2.94. The van der Waals surface area contributed by atoms with E-state index in [0.717, 1.165) is 25.8 Å². The standard InChI is InChI=1S/C15H28N2O/c16-11-6-12-17(14-9-2-1-3-10-14)15(18)13-7-4-5-8-13/h13-14H,1-12,16H2. The van der Waals surface area contributed by atoms with Crippen molar-refractivity contribution in [3.05, 3.63) is 0 Å². The van der Waals surface area contributed by atoms with Gasteiger partial charge in [0.15, 0.2) is 0 Å². The zero-order valence-electron chi connectivity index (χ0n) is 11.6. The Bertz CT molecular complexity index is 255. The van der Waals surface area contributed by atoms with Gasteiger partial charge in [0, 0.05) is 18.5 Å². The van der Waals surface area contributed by atoms with Gasteiger partial charge in [-0.3, -0.25) is 4.79 Å². The van der Waals surface area contributed by atoms with E-state index in [1.54, 1.807) is 0 Å². The summed E-state index contributed by atoms with van der Waals surface area (Å²) in [5, 5.41) is 0. The van der Waals surface area contributed by atoms with Gasteiger partial charge in [-0.05, 0) is 38.6 Å². The Morgan fingerprint density at radius 2 is 1.61 bits per heavy atom. The summed E-state index contributed by atoms with van der Waals surface area (Å²) in [6.07, 6.45) is 12.0. The highest BCUT2D eigenvalue weighted by atomic mass is 16.2. The Labute approximate surface area is 111 Å². The molecular formula is C15H28N2O. The van der Waals surface area contributed by atoms with Crippen molar-refractivity contribution in [3.8, 4) is 0 Å². The first-order valence-corrected chi connectivity index (χ1v) is 7.83. The number of nitrogens with two attached hydrogens (primary N) is 1. The summed E-state index contributed by atoms with van der Waals surface area (Å²) < 4.78 is 0. The lowest BCUT2D eigenvalue weighted by Gasteiger charge is -2.36. The van der Waals surface area contributed by atoms with Crippen LogP contribution in [0.4, 0.5) is 0 Å². The lowest BCUT2D eigenvalue weighted by molar-refractivity contribution is -0.138. The Morgan fingerprint density at radius 1 is 1.00 bits per heavy atom. The maximum atomic E-state index is 12.6. The van der Waals surface area contributed by atoms with E-state index in [-0.39, 0.29) is 0 Å². The fourth-order valence-corrected chi connectivity index (χ4v) is 3.53. The Kier molecular flexibility index (Phi) is 5.48. The normalized spacial score (nSPS) is 22.3. The average molecular weight is 252 g/mol. The lowest BCUT2D eigenvalue weighted by Crippen LogP contribution is -2.45. The zero-order chi connectivity index (χ0) is 12.8. The van der Waals surface area contributed by atoms with Gasteiger partial charge in [-0.25, -0.2) is 0 Å². The van der Waals surface area contributed by atoms with E-state index in [1.165, 1.54) is 44.9 Å². The molecular weight excluding hydrogens is 224 g/mol. The van der Waals surface area contributed by atoms with E-state index in [9.17, 15) is 4.79 Å². The molecule has 3 heteroatoms. The van der Waals surface area contributed by atoms with Crippen molar-refractivity contribution in [3.63, 3.8) is 0 Å². The maximum absolute atomic E-state index is 12.6. The minimum atomic E-state index is 0.324. The van der Waals surface area contributed by atoms with Crippen LogP contribution in [0, 0.1) is 5.92 Å². The third-order valence-corrected chi connectivity index (χ3v) is 4.61. The highest BCUT2D eigenvalue weighted by Gasteiger charge is 2.31. The molecule has 0 aromatic carbocycles. The van der Waals surface area contributed by atoms with Gasteiger partial charge in [-0.2, -0.15) is 0 Å². The second-order valence-electron chi connectivity index (χ2n) is 5.95. The molecule has 18 heavy (non-hydrogen) atoms. The largest absolute Gasteiger partial charge is 0.339 e. The fourth-order valence-electron chi connectivity index (χ4n) is 3.53. The van der Waals surface area contributed by atoms with Gasteiger partial charge in [0.25, 0.3) is 0 Å². The topological polar surface area (TPSA) is 46.3 Å². The van der Waals surface area contributed by atoms with Crippen LogP contribution in [0.15, 0.2) is 0 Å². The van der Waals surface area contributed by atoms with Crippen LogP contribution in [-0.2, 0) is 4.79 Å². The predicted molar refractivity (Wildman–Crippen MR) is 74.2 cm³/mol. The number of amides is 1. The van der Waals surface area contributed by atoms with Crippen molar-refractivity contribution >= 4 is 5.91 Å². The van der Waals surface area contributed by atoms with Crippen molar-refractivity contribution in [1.82, 2.24) is 4.90 Å². The summed E-state index contributed by atoms with van der Waals surface area (Å²) >= 11 is 0. The van der Waals surface area contributed by atoms with Crippen molar-refractivity contribution < 1.29 is 4.79 Å². The van der Waals surface area contributed by atoms with Crippen molar-refractivity contribution in [1.29, 1.82) is 0 Å². The molecule has 0 atom stereocenters. The molecule has 3 nitrogen and oxygen atoms in total. The molecule has 1 amide bonds. The molecule has 2 saturated carbocycles. The third-order valence-electron chi connectivity index (χ3n) is 4.61. The highest BCUT2D eigenvalue weighted by molar-refractivity contribution is 5.79. The van der Waals surface area contributed by atoms with E-state index >= 15 is 0 Å². The molecule has 0 aliphatic heterocycles. The minimum absolute atomic E-state index is 0.324. The Morgan fingerprint density at radius 3 is 2.22 bits per heavy atom. The molecule has 2 aliphatic carbocycles. The monoisotopic (exact) mass is 252 g/mol. The van der Waals surface area contributed by atoms with Crippen molar-refractivity contribution in [2.75, 3.05) is 13.1 Å². The van der Waals surface area contributed by atoms with Gasteiger partial charge in [-0.1, -0.05) is 32.1 Å². The SMILES string of the molecule is NCCCN(C(=O)C1CCCC1)C1CCCCC1. The van der Waals surface area contributed by atoms with Crippen LogP contribution in [0.1, 0.15) is 64.2 Å². The van der Waals surface area contributed by atoms with Crippen LogP contribution in [0.5, 0.6) is 0 Å². The number of rotatable bonds is 5. The first kappa shape index (κ1) is 13.9. The summed E-state index contributed by atoms with van der Waals surface area (Å²) in [5.74, 6) is 0.762. The molecule has 0 unspecified atom stereocenters. The number of nitrogens with zero attached hydrogens (tertiary/aromatic N) is 1. The van der Waals surface area contributed by atoms with Crippen molar-refractivity contribution in [2.24, 2.45) is 11.7 Å². The van der Waals surface area contributed by atoms with Gasteiger partial charge < -0.3 is 10.6 Å². The van der Waals surface area contributed by atoms with Crippen LogP contribution in [0.3, 0.4) is 0 Å². The molecule has 0 aromatic heterocycles. The maximum Gasteiger partial charge on any atom is 0.225 e. The van der Waals surface area contributed by atoms with Crippen LogP contribution >= 0.6 is 0 Å². The molecule has 2 N–H and O–H groups in total. The first-order valence-electron chi connectivity index (χ1n) is 7.83. The molecule has 0 bridgehead atoms. The first-order chi connectivity index (χ1) is 8.83. The number of hydrogen-bond acceptors (Lipinski definition) is 2. The third kappa shape index (κ3) is 3.47. The van der Waals surface area contributed by atoms with Crippen LogP contribution in [0.25, 0.3) is 0 Å². The summed E-state index contributed by atoms with van der Waals surface area (Å²) in [6.45, 7) is 1.58. The van der Waals surface area contributed by atoms with Gasteiger partial charge in [0.2, 0.25) is 5.91 Å². The van der Waals surface area contributed by atoms with E-state index in [0.29, 0.717) is 24.4 Å². The molecule has 104 valence electrons. The second kappa shape index (κ2) is 7.13. The molecule has 2 aliphatic rings. The Hall–Kier alpha value is -0.570.